The zero-order chi connectivity index (χ0) is 13.1. The lowest BCUT2D eigenvalue weighted by Crippen LogP contribution is -2.21. The van der Waals surface area contributed by atoms with Crippen molar-refractivity contribution in [2.75, 3.05) is 5.32 Å². The number of H-pyrrole nitrogens is 1. The highest BCUT2D eigenvalue weighted by Crippen LogP contribution is 2.37. The molecule has 0 aromatic carbocycles. The van der Waals surface area contributed by atoms with Gasteiger partial charge in [0.1, 0.15) is 11.6 Å². The second kappa shape index (κ2) is 5.55. The van der Waals surface area contributed by atoms with Gasteiger partial charge >= 0.3 is 0 Å². The number of aromatic nitrogens is 2. The first kappa shape index (κ1) is 13.1. The van der Waals surface area contributed by atoms with Crippen molar-refractivity contribution < 1.29 is 0 Å². The van der Waals surface area contributed by atoms with Crippen molar-refractivity contribution in [2.45, 2.75) is 58.4 Å². The van der Waals surface area contributed by atoms with E-state index in [0.29, 0.717) is 17.9 Å². The summed E-state index contributed by atoms with van der Waals surface area (Å²) in [6.45, 7) is 6.60. The van der Waals surface area contributed by atoms with Crippen LogP contribution in [0.1, 0.15) is 58.2 Å². The maximum absolute atomic E-state index is 11.6. The van der Waals surface area contributed by atoms with E-state index in [1.54, 1.807) is 6.07 Å². The van der Waals surface area contributed by atoms with E-state index >= 15 is 0 Å². The second-order valence-corrected chi connectivity index (χ2v) is 5.58. The van der Waals surface area contributed by atoms with E-state index < -0.39 is 0 Å². The summed E-state index contributed by atoms with van der Waals surface area (Å²) in [5.74, 6) is 2.74. The molecule has 0 radical (unpaired) electrons. The first-order valence-corrected chi connectivity index (χ1v) is 6.96. The lowest BCUT2D eigenvalue weighted by molar-refractivity contribution is 0.483. The van der Waals surface area contributed by atoms with Crippen LogP contribution < -0.4 is 10.9 Å². The molecule has 1 fully saturated rings. The van der Waals surface area contributed by atoms with Crippen LogP contribution in [0.5, 0.6) is 0 Å². The predicted octanol–water partition coefficient (Wildman–Crippen LogP) is 2.88. The van der Waals surface area contributed by atoms with Gasteiger partial charge in [-0.1, -0.05) is 20.3 Å². The fourth-order valence-corrected chi connectivity index (χ4v) is 2.18. The van der Waals surface area contributed by atoms with E-state index in [1.807, 2.05) is 0 Å². The van der Waals surface area contributed by atoms with Crippen molar-refractivity contribution >= 4 is 5.82 Å². The quantitative estimate of drug-likeness (QED) is 0.815. The first-order valence-electron chi connectivity index (χ1n) is 6.96. The molecule has 2 rings (SSSR count). The second-order valence-electron chi connectivity index (χ2n) is 5.58. The summed E-state index contributed by atoms with van der Waals surface area (Å²) >= 11 is 0. The maximum Gasteiger partial charge on any atom is 0.252 e. The Kier molecular flexibility index (Phi) is 4.04. The van der Waals surface area contributed by atoms with Crippen LogP contribution in [0.3, 0.4) is 0 Å². The lowest BCUT2D eigenvalue weighted by Gasteiger charge is -2.18. The zero-order valence-electron chi connectivity index (χ0n) is 11.5. The Balaban J connectivity index is 2.02. The Labute approximate surface area is 108 Å². The number of rotatable bonds is 6. The molecule has 4 heteroatoms. The molecule has 1 heterocycles. The lowest BCUT2D eigenvalue weighted by atomic mass is 10.0. The monoisotopic (exact) mass is 249 g/mol. The summed E-state index contributed by atoms with van der Waals surface area (Å²) < 4.78 is 0. The molecule has 0 spiro atoms. The van der Waals surface area contributed by atoms with Crippen molar-refractivity contribution in [1.82, 2.24) is 9.97 Å². The molecule has 18 heavy (non-hydrogen) atoms. The minimum atomic E-state index is -0.0508. The summed E-state index contributed by atoms with van der Waals surface area (Å²) in [6, 6.07) is 1.90. The predicted molar refractivity (Wildman–Crippen MR) is 74.0 cm³/mol. The van der Waals surface area contributed by atoms with Crippen LogP contribution in [0, 0.1) is 5.92 Å². The third kappa shape index (κ3) is 3.59. The standard InChI is InChI=1S/C14H23N3O/c1-4-9(2)7-10(3)15-12-8-13(18)17-14(16-12)11-5-6-11/h8-11H,4-7H2,1-3H3,(H2,15,16,17,18). The van der Waals surface area contributed by atoms with Gasteiger partial charge in [0.05, 0.1) is 0 Å². The van der Waals surface area contributed by atoms with Crippen LogP contribution in [-0.2, 0) is 0 Å². The molecule has 2 N–H and O–H groups in total. The number of hydrogen-bond acceptors (Lipinski definition) is 3. The molecular weight excluding hydrogens is 226 g/mol. The topological polar surface area (TPSA) is 57.8 Å². The number of hydrogen-bond donors (Lipinski definition) is 2. The van der Waals surface area contributed by atoms with Gasteiger partial charge in [-0.15, -0.1) is 0 Å². The van der Waals surface area contributed by atoms with E-state index in [-0.39, 0.29) is 5.56 Å². The highest BCUT2D eigenvalue weighted by molar-refractivity contribution is 5.35. The van der Waals surface area contributed by atoms with Crippen molar-refractivity contribution in [3.63, 3.8) is 0 Å². The van der Waals surface area contributed by atoms with E-state index in [2.05, 4.69) is 36.1 Å². The van der Waals surface area contributed by atoms with Gasteiger partial charge in [-0.3, -0.25) is 4.79 Å². The Morgan fingerprint density at radius 2 is 2.22 bits per heavy atom. The average Bonchev–Trinajstić information content (AvgIpc) is 3.11. The van der Waals surface area contributed by atoms with Crippen LogP contribution in [0.2, 0.25) is 0 Å². The van der Waals surface area contributed by atoms with Crippen LogP contribution in [0.25, 0.3) is 0 Å². The molecule has 2 atom stereocenters. The smallest absolute Gasteiger partial charge is 0.252 e. The minimum absolute atomic E-state index is 0.0508. The molecule has 0 amide bonds. The fraction of sp³-hybridized carbons (Fsp3) is 0.714. The molecule has 1 aliphatic carbocycles. The summed E-state index contributed by atoms with van der Waals surface area (Å²) in [5, 5.41) is 3.34. The molecule has 1 aromatic heterocycles. The van der Waals surface area contributed by atoms with Crippen LogP contribution in [0.4, 0.5) is 5.82 Å². The molecule has 0 saturated heterocycles. The Bertz CT molecular complexity index is 451. The number of aromatic amines is 1. The summed E-state index contributed by atoms with van der Waals surface area (Å²) in [4.78, 5) is 18.9. The third-order valence-corrected chi connectivity index (χ3v) is 3.57. The molecule has 0 aliphatic heterocycles. The Hall–Kier alpha value is -1.32. The van der Waals surface area contributed by atoms with E-state index in [0.717, 1.165) is 30.9 Å². The molecule has 100 valence electrons. The van der Waals surface area contributed by atoms with Crippen LogP contribution in [-0.4, -0.2) is 16.0 Å². The van der Waals surface area contributed by atoms with Crippen LogP contribution in [0.15, 0.2) is 10.9 Å². The zero-order valence-corrected chi connectivity index (χ0v) is 11.5. The van der Waals surface area contributed by atoms with Gasteiger partial charge in [-0.25, -0.2) is 4.98 Å². The largest absolute Gasteiger partial charge is 0.367 e. The SMILES string of the molecule is CCC(C)CC(C)Nc1cc(=O)[nH]c(C2CC2)n1. The van der Waals surface area contributed by atoms with Gasteiger partial charge in [-0.2, -0.15) is 0 Å². The molecule has 0 bridgehead atoms. The highest BCUT2D eigenvalue weighted by atomic mass is 16.1. The minimum Gasteiger partial charge on any atom is -0.367 e. The van der Waals surface area contributed by atoms with Crippen molar-refractivity contribution in [3.8, 4) is 0 Å². The molecule has 2 unspecified atom stereocenters. The normalized spacial score (nSPS) is 18.4. The highest BCUT2D eigenvalue weighted by Gasteiger charge is 2.26. The Morgan fingerprint density at radius 1 is 1.50 bits per heavy atom. The summed E-state index contributed by atoms with van der Waals surface area (Å²) in [7, 11) is 0. The first-order chi connectivity index (χ1) is 8.58. The van der Waals surface area contributed by atoms with Crippen molar-refractivity contribution in [3.05, 3.63) is 22.2 Å². The third-order valence-electron chi connectivity index (χ3n) is 3.57. The van der Waals surface area contributed by atoms with E-state index in [4.69, 9.17) is 0 Å². The molecular formula is C14H23N3O. The van der Waals surface area contributed by atoms with Gasteiger partial charge in [0.25, 0.3) is 5.56 Å². The fourth-order valence-electron chi connectivity index (χ4n) is 2.18. The van der Waals surface area contributed by atoms with Gasteiger partial charge < -0.3 is 10.3 Å². The van der Waals surface area contributed by atoms with Crippen molar-refractivity contribution in [1.29, 1.82) is 0 Å². The summed E-state index contributed by atoms with van der Waals surface area (Å²) in [5.41, 5.74) is -0.0508. The van der Waals surface area contributed by atoms with Crippen LogP contribution >= 0.6 is 0 Å². The van der Waals surface area contributed by atoms with E-state index in [1.165, 1.54) is 6.42 Å². The number of anilines is 1. The molecule has 1 aromatic rings. The van der Waals surface area contributed by atoms with Gasteiger partial charge in [0.2, 0.25) is 0 Å². The van der Waals surface area contributed by atoms with Gasteiger partial charge in [-0.05, 0) is 32.1 Å². The Morgan fingerprint density at radius 3 is 2.83 bits per heavy atom. The maximum atomic E-state index is 11.6. The number of nitrogens with one attached hydrogen (secondary N) is 2. The van der Waals surface area contributed by atoms with Gasteiger partial charge in [0.15, 0.2) is 0 Å². The number of nitrogens with zero attached hydrogens (tertiary/aromatic N) is 1. The summed E-state index contributed by atoms with van der Waals surface area (Å²) in [6.07, 6.45) is 4.58. The van der Waals surface area contributed by atoms with E-state index in [9.17, 15) is 4.79 Å². The van der Waals surface area contributed by atoms with Crippen molar-refractivity contribution in [2.24, 2.45) is 5.92 Å². The molecule has 1 aliphatic rings. The van der Waals surface area contributed by atoms with Gasteiger partial charge in [0, 0.05) is 18.0 Å². The molecule has 4 nitrogen and oxygen atoms in total. The average molecular weight is 249 g/mol. The molecule has 1 saturated carbocycles.